The molecule has 2 unspecified atom stereocenters. The Hall–Kier alpha value is -3.88. The summed E-state index contributed by atoms with van der Waals surface area (Å²) in [4.78, 5) is 51.9. The first-order valence-corrected chi connectivity index (χ1v) is 14.0. The molecule has 0 radical (unpaired) electrons. The highest BCUT2D eigenvalue weighted by atomic mass is 16.6. The first kappa shape index (κ1) is 31.6. The maximum Gasteiger partial charge on any atom is 0.408 e. The van der Waals surface area contributed by atoms with Crippen LogP contribution in [0.2, 0.25) is 0 Å². The van der Waals surface area contributed by atoms with E-state index in [4.69, 9.17) is 9.47 Å². The lowest BCUT2D eigenvalue weighted by atomic mass is 9.85. The van der Waals surface area contributed by atoms with Gasteiger partial charge in [-0.2, -0.15) is 0 Å². The number of methoxy groups -OCH3 is 1. The van der Waals surface area contributed by atoms with E-state index in [9.17, 15) is 19.2 Å². The molecule has 3 atom stereocenters. The van der Waals surface area contributed by atoms with E-state index in [0.717, 1.165) is 30.4 Å². The standard InChI is InChI=1S/C32H43N3O6/c1-31(2,3)26(35-30(39)41-32(4,5)6)28(37)34-25(19-20-15-17-22(18-16-20)29(38)40-7)27(36)33-24-14-10-12-21-11-8-9-13-23(21)24/h8-9,11,13,15-18,24-26H,10,12,14,19H2,1-7H3,(H,33,36)(H,34,37)(H,35,39)/t24-,25?,26?/m1/s1. The minimum atomic E-state index is -0.968. The number of rotatable bonds is 8. The highest BCUT2D eigenvalue weighted by Gasteiger charge is 2.36. The number of alkyl carbamates (subject to hydrolysis) is 1. The van der Waals surface area contributed by atoms with Crippen molar-refractivity contribution in [1.29, 1.82) is 0 Å². The molecule has 222 valence electrons. The smallest absolute Gasteiger partial charge is 0.408 e. The van der Waals surface area contributed by atoms with Crippen molar-refractivity contribution >= 4 is 23.9 Å². The summed E-state index contributed by atoms with van der Waals surface area (Å²) in [5, 5.41) is 8.72. The van der Waals surface area contributed by atoms with E-state index < -0.39 is 41.1 Å². The minimum absolute atomic E-state index is 0.174. The summed E-state index contributed by atoms with van der Waals surface area (Å²) in [6, 6.07) is 12.7. The molecule has 2 aromatic carbocycles. The topological polar surface area (TPSA) is 123 Å². The largest absolute Gasteiger partial charge is 0.465 e. The fourth-order valence-electron chi connectivity index (χ4n) is 4.87. The predicted octanol–water partition coefficient (Wildman–Crippen LogP) is 4.63. The Bertz CT molecular complexity index is 1240. The molecule has 9 nitrogen and oxygen atoms in total. The quantitative estimate of drug-likeness (QED) is 0.401. The molecule has 2 aromatic rings. The summed E-state index contributed by atoms with van der Waals surface area (Å²) in [5.74, 6) is -1.29. The van der Waals surface area contributed by atoms with Gasteiger partial charge in [0.1, 0.15) is 17.7 Å². The number of carbonyl (C=O) groups excluding carboxylic acids is 4. The molecule has 41 heavy (non-hydrogen) atoms. The van der Waals surface area contributed by atoms with Gasteiger partial charge in [0.2, 0.25) is 11.8 Å². The molecule has 0 aromatic heterocycles. The van der Waals surface area contributed by atoms with Crippen LogP contribution in [0.5, 0.6) is 0 Å². The van der Waals surface area contributed by atoms with Crippen molar-refractivity contribution < 1.29 is 28.7 Å². The van der Waals surface area contributed by atoms with Gasteiger partial charge in [-0.3, -0.25) is 9.59 Å². The summed E-state index contributed by atoms with van der Waals surface area (Å²) in [5.41, 5.74) is 2.00. The van der Waals surface area contributed by atoms with Crippen molar-refractivity contribution in [2.75, 3.05) is 7.11 Å². The van der Waals surface area contributed by atoms with Crippen molar-refractivity contribution in [2.24, 2.45) is 5.41 Å². The molecule has 0 spiro atoms. The Balaban J connectivity index is 1.85. The van der Waals surface area contributed by atoms with Crippen molar-refractivity contribution in [2.45, 2.75) is 91.0 Å². The number of nitrogens with one attached hydrogen (secondary N) is 3. The molecule has 0 aliphatic heterocycles. The molecule has 0 heterocycles. The normalized spacial score (nSPS) is 16.4. The van der Waals surface area contributed by atoms with Crippen LogP contribution in [-0.2, 0) is 31.9 Å². The highest BCUT2D eigenvalue weighted by Crippen LogP contribution is 2.29. The Morgan fingerprint density at radius 3 is 2.17 bits per heavy atom. The van der Waals surface area contributed by atoms with Crippen LogP contribution in [0.4, 0.5) is 4.79 Å². The predicted molar refractivity (Wildman–Crippen MR) is 156 cm³/mol. The van der Waals surface area contributed by atoms with Crippen molar-refractivity contribution in [1.82, 2.24) is 16.0 Å². The minimum Gasteiger partial charge on any atom is -0.465 e. The maximum absolute atomic E-state index is 13.8. The number of fused-ring (bicyclic) bond motifs is 1. The van der Waals surface area contributed by atoms with E-state index in [1.54, 1.807) is 45.0 Å². The number of hydrogen-bond acceptors (Lipinski definition) is 6. The van der Waals surface area contributed by atoms with E-state index in [-0.39, 0.29) is 18.4 Å². The summed E-state index contributed by atoms with van der Waals surface area (Å²) in [6.45, 7) is 10.7. The number of esters is 1. The van der Waals surface area contributed by atoms with Gasteiger partial charge in [-0.1, -0.05) is 57.2 Å². The van der Waals surface area contributed by atoms with E-state index in [2.05, 4.69) is 22.0 Å². The SMILES string of the molecule is COC(=O)c1ccc(CC(NC(=O)C(NC(=O)OC(C)(C)C)C(C)(C)C)C(=O)N[C@@H]2CCCc3ccccc32)cc1. The Kier molecular flexibility index (Phi) is 10.2. The molecule has 1 aliphatic carbocycles. The van der Waals surface area contributed by atoms with Crippen LogP contribution in [0.3, 0.4) is 0 Å². The van der Waals surface area contributed by atoms with Crippen LogP contribution in [0.15, 0.2) is 48.5 Å². The third-order valence-corrected chi connectivity index (χ3v) is 6.92. The summed E-state index contributed by atoms with van der Waals surface area (Å²) in [7, 11) is 1.31. The Labute approximate surface area is 242 Å². The summed E-state index contributed by atoms with van der Waals surface area (Å²) in [6.07, 6.45) is 2.16. The molecule has 3 amide bonds. The maximum atomic E-state index is 13.8. The van der Waals surface area contributed by atoms with Crippen LogP contribution in [0.25, 0.3) is 0 Å². The zero-order valence-electron chi connectivity index (χ0n) is 25.1. The average molecular weight is 566 g/mol. The van der Waals surface area contributed by atoms with Gasteiger partial charge >= 0.3 is 12.1 Å². The van der Waals surface area contributed by atoms with Crippen molar-refractivity contribution in [3.05, 3.63) is 70.8 Å². The lowest BCUT2D eigenvalue weighted by Gasteiger charge is -2.33. The molecule has 0 saturated carbocycles. The molecule has 0 bridgehead atoms. The fourth-order valence-corrected chi connectivity index (χ4v) is 4.87. The van der Waals surface area contributed by atoms with Gasteiger partial charge in [-0.25, -0.2) is 9.59 Å². The zero-order valence-corrected chi connectivity index (χ0v) is 25.1. The number of amides is 3. The number of aryl methyl sites for hydroxylation is 1. The van der Waals surface area contributed by atoms with Gasteiger partial charge in [0.25, 0.3) is 0 Å². The van der Waals surface area contributed by atoms with Gasteiger partial charge in [0, 0.05) is 6.42 Å². The first-order chi connectivity index (χ1) is 19.2. The average Bonchev–Trinajstić information content (AvgIpc) is 2.89. The zero-order chi connectivity index (χ0) is 30.4. The second-order valence-electron chi connectivity index (χ2n) is 12.6. The van der Waals surface area contributed by atoms with Crippen LogP contribution in [0.1, 0.15) is 87.5 Å². The van der Waals surface area contributed by atoms with Crippen molar-refractivity contribution in [3.8, 4) is 0 Å². The molecule has 1 aliphatic rings. The first-order valence-electron chi connectivity index (χ1n) is 14.0. The molecular formula is C32H43N3O6. The van der Waals surface area contributed by atoms with Crippen LogP contribution in [-0.4, -0.2) is 48.7 Å². The Morgan fingerprint density at radius 2 is 1.56 bits per heavy atom. The lowest BCUT2D eigenvalue weighted by Crippen LogP contribution is -2.58. The number of benzene rings is 2. The number of ether oxygens (including phenoxy) is 2. The van der Waals surface area contributed by atoms with Gasteiger partial charge in [-0.05, 0) is 74.3 Å². The Morgan fingerprint density at radius 1 is 0.902 bits per heavy atom. The van der Waals surface area contributed by atoms with Gasteiger partial charge in [0.05, 0.1) is 18.7 Å². The molecule has 0 fully saturated rings. The van der Waals surface area contributed by atoms with Gasteiger partial charge in [-0.15, -0.1) is 0 Å². The number of hydrogen-bond donors (Lipinski definition) is 3. The monoisotopic (exact) mass is 565 g/mol. The van der Waals surface area contributed by atoms with Gasteiger partial charge < -0.3 is 25.4 Å². The molecule has 3 N–H and O–H groups in total. The van der Waals surface area contributed by atoms with E-state index >= 15 is 0 Å². The second kappa shape index (κ2) is 13.2. The van der Waals surface area contributed by atoms with E-state index in [1.165, 1.54) is 12.7 Å². The highest BCUT2D eigenvalue weighted by molar-refractivity contribution is 5.92. The fraction of sp³-hybridized carbons (Fsp3) is 0.500. The third kappa shape index (κ3) is 9.06. The molecule has 0 saturated heterocycles. The molecule has 3 rings (SSSR count). The summed E-state index contributed by atoms with van der Waals surface area (Å²) >= 11 is 0. The van der Waals surface area contributed by atoms with Crippen molar-refractivity contribution in [3.63, 3.8) is 0 Å². The van der Waals surface area contributed by atoms with Crippen LogP contribution in [0, 0.1) is 5.41 Å². The lowest BCUT2D eigenvalue weighted by molar-refractivity contribution is -0.131. The number of carbonyl (C=O) groups is 4. The van der Waals surface area contributed by atoms with Gasteiger partial charge in [0.15, 0.2) is 0 Å². The van der Waals surface area contributed by atoms with E-state index in [1.807, 2.05) is 39.0 Å². The molecular weight excluding hydrogens is 522 g/mol. The molecule has 9 heteroatoms. The van der Waals surface area contributed by atoms with E-state index in [0.29, 0.717) is 5.56 Å². The third-order valence-electron chi connectivity index (χ3n) is 6.92. The van der Waals surface area contributed by atoms with Crippen LogP contribution < -0.4 is 16.0 Å². The second-order valence-corrected chi connectivity index (χ2v) is 12.6. The van der Waals surface area contributed by atoms with Crippen LogP contribution >= 0.6 is 0 Å². The summed E-state index contributed by atoms with van der Waals surface area (Å²) < 4.78 is 10.2.